The van der Waals surface area contributed by atoms with E-state index in [1.807, 2.05) is 0 Å². The topological polar surface area (TPSA) is 55.1 Å². The maximum atomic E-state index is 13.1. The molecule has 0 spiro atoms. The number of halogens is 3. The summed E-state index contributed by atoms with van der Waals surface area (Å²) in [5.74, 6) is 3.98. The number of rotatable bonds is 3. The van der Waals surface area contributed by atoms with Crippen LogP contribution >= 0.6 is 0 Å². The fraction of sp³-hybridized carbons (Fsp3) is 0.417. The number of nitrogens with two attached hydrogens (primary N) is 1. The number of hydrogen-bond donors (Lipinski definition) is 2. The second-order valence-corrected chi connectivity index (χ2v) is 3.80. The molecule has 0 aliphatic carbocycles. The average Bonchev–Trinajstić information content (AvgIpc) is 2.34. The van der Waals surface area contributed by atoms with Gasteiger partial charge in [-0.3, -0.25) is 10.2 Å². The predicted molar refractivity (Wildman–Crippen MR) is 61.9 cm³/mol. The maximum Gasteiger partial charge on any atom is 0.417 e. The van der Waals surface area contributed by atoms with Gasteiger partial charge in [0.1, 0.15) is 0 Å². The number of amides is 1. The first-order valence-electron chi connectivity index (χ1n) is 5.59. The van der Waals surface area contributed by atoms with Crippen LogP contribution in [0.2, 0.25) is 0 Å². The van der Waals surface area contributed by atoms with Gasteiger partial charge in [0, 0.05) is 0 Å². The summed E-state index contributed by atoms with van der Waals surface area (Å²) in [6.45, 7) is 3.41. The number of hydrazine groups is 1. The smallest absolute Gasteiger partial charge is 0.290 e. The molecule has 1 rings (SSSR count). The van der Waals surface area contributed by atoms with Gasteiger partial charge in [0.15, 0.2) is 0 Å². The van der Waals surface area contributed by atoms with Crippen molar-refractivity contribution in [3.05, 3.63) is 34.4 Å². The number of aryl methyl sites for hydroxylation is 1. The zero-order chi connectivity index (χ0) is 13.9. The fourth-order valence-electron chi connectivity index (χ4n) is 2.02. The van der Waals surface area contributed by atoms with E-state index in [1.54, 1.807) is 25.3 Å². The molecule has 0 aliphatic rings. The van der Waals surface area contributed by atoms with Gasteiger partial charge in [0.2, 0.25) is 0 Å². The van der Waals surface area contributed by atoms with Crippen molar-refractivity contribution < 1.29 is 18.0 Å². The van der Waals surface area contributed by atoms with Gasteiger partial charge in [0.25, 0.3) is 5.91 Å². The zero-order valence-corrected chi connectivity index (χ0v) is 10.2. The van der Waals surface area contributed by atoms with Gasteiger partial charge in [-0.05, 0) is 30.0 Å². The molecule has 0 aliphatic heterocycles. The lowest BCUT2D eigenvalue weighted by Gasteiger charge is -2.18. The Kier molecular flexibility index (Phi) is 4.34. The van der Waals surface area contributed by atoms with Crippen LogP contribution in [0.25, 0.3) is 0 Å². The number of carbonyl (C=O) groups is 1. The highest BCUT2D eigenvalue weighted by atomic mass is 19.4. The van der Waals surface area contributed by atoms with Crippen molar-refractivity contribution in [2.45, 2.75) is 32.9 Å². The number of carbonyl (C=O) groups excluding carboxylic acids is 1. The minimum atomic E-state index is -4.57. The van der Waals surface area contributed by atoms with E-state index in [4.69, 9.17) is 5.84 Å². The van der Waals surface area contributed by atoms with Gasteiger partial charge < -0.3 is 0 Å². The molecule has 1 amide bonds. The Morgan fingerprint density at radius 1 is 1.28 bits per heavy atom. The highest BCUT2D eigenvalue weighted by Crippen LogP contribution is 2.36. The van der Waals surface area contributed by atoms with Crippen LogP contribution in [0.4, 0.5) is 13.2 Å². The van der Waals surface area contributed by atoms with E-state index in [1.165, 1.54) is 6.07 Å². The number of nitrogens with one attached hydrogen (secondary N) is 1. The lowest BCUT2D eigenvalue weighted by atomic mass is 9.92. The first-order valence-corrected chi connectivity index (χ1v) is 5.59. The van der Waals surface area contributed by atoms with Gasteiger partial charge >= 0.3 is 6.18 Å². The van der Waals surface area contributed by atoms with Crippen LogP contribution in [-0.2, 0) is 19.0 Å². The Labute approximate surface area is 103 Å². The quantitative estimate of drug-likeness (QED) is 0.498. The van der Waals surface area contributed by atoms with E-state index < -0.39 is 23.2 Å². The number of hydrogen-bond acceptors (Lipinski definition) is 2. The van der Waals surface area contributed by atoms with Crippen LogP contribution in [0, 0.1) is 0 Å². The third-order valence-corrected chi connectivity index (χ3v) is 2.80. The molecule has 0 bridgehead atoms. The number of nitrogen functional groups attached to an aromatic ring is 1. The van der Waals surface area contributed by atoms with Gasteiger partial charge in [-0.25, -0.2) is 5.84 Å². The number of alkyl halides is 3. The highest BCUT2D eigenvalue weighted by Gasteiger charge is 2.38. The Morgan fingerprint density at radius 2 is 1.89 bits per heavy atom. The van der Waals surface area contributed by atoms with Crippen LogP contribution in [-0.4, -0.2) is 5.91 Å². The van der Waals surface area contributed by atoms with Gasteiger partial charge in [-0.2, -0.15) is 13.2 Å². The van der Waals surface area contributed by atoms with Gasteiger partial charge in [-0.1, -0.05) is 19.9 Å². The Hall–Kier alpha value is -1.56. The minimum Gasteiger partial charge on any atom is -0.290 e. The summed E-state index contributed by atoms with van der Waals surface area (Å²) in [4.78, 5) is 11.4. The standard InChI is InChI=1S/C12H15F3N2O/c1-3-7-5-6-9(11(18)17-16)10(8(7)4-2)12(13,14)15/h5-6H,3-4,16H2,1-2H3,(H,17,18). The molecule has 100 valence electrons. The predicted octanol–water partition coefficient (Wildman–Crippen LogP) is 2.43. The highest BCUT2D eigenvalue weighted by molar-refractivity contribution is 5.96. The van der Waals surface area contributed by atoms with E-state index in [-0.39, 0.29) is 12.0 Å². The summed E-state index contributed by atoms with van der Waals surface area (Å²) in [7, 11) is 0. The van der Waals surface area contributed by atoms with Crippen molar-refractivity contribution in [1.82, 2.24) is 5.43 Å². The molecular formula is C12H15F3N2O. The van der Waals surface area contributed by atoms with E-state index in [0.717, 1.165) is 0 Å². The first-order chi connectivity index (χ1) is 8.36. The second-order valence-electron chi connectivity index (χ2n) is 3.80. The van der Waals surface area contributed by atoms with E-state index >= 15 is 0 Å². The molecule has 18 heavy (non-hydrogen) atoms. The molecule has 1 aromatic carbocycles. The number of benzene rings is 1. The second kappa shape index (κ2) is 5.39. The van der Waals surface area contributed by atoms with E-state index in [2.05, 4.69) is 0 Å². The molecule has 0 fully saturated rings. The molecule has 6 heteroatoms. The lowest BCUT2D eigenvalue weighted by Crippen LogP contribution is -2.32. The van der Waals surface area contributed by atoms with Crippen molar-refractivity contribution in [1.29, 1.82) is 0 Å². The van der Waals surface area contributed by atoms with E-state index in [9.17, 15) is 18.0 Å². The summed E-state index contributed by atoms with van der Waals surface area (Å²) in [6.07, 6.45) is -3.88. The molecule has 3 nitrogen and oxygen atoms in total. The third kappa shape index (κ3) is 2.64. The maximum absolute atomic E-state index is 13.1. The summed E-state index contributed by atoms with van der Waals surface area (Å²) >= 11 is 0. The summed E-state index contributed by atoms with van der Waals surface area (Å²) < 4.78 is 39.3. The Bertz CT molecular complexity index is 455. The molecule has 0 saturated heterocycles. The Morgan fingerprint density at radius 3 is 2.28 bits per heavy atom. The van der Waals surface area contributed by atoms with Gasteiger partial charge in [0.05, 0.1) is 11.1 Å². The normalized spacial score (nSPS) is 11.4. The van der Waals surface area contributed by atoms with Gasteiger partial charge in [-0.15, -0.1) is 0 Å². The first kappa shape index (κ1) is 14.5. The van der Waals surface area contributed by atoms with Crippen molar-refractivity contribution in [3.63, 3.8) is 0 Å². The monoisotopic (exact) mass is 260 g/mol. The largest absolute Gasteiger partial charge is 0.417 e. The van der Waals surface area contributed by atoms with Crippen molar-refractivity contribution in [3.8, 4) is 0 Å². The van der Waals surface area contributed by atoms with Crippen LogP contribution in [0.5, 0.6) is 0 Å². The van der Waals surface area contributed by atoms with E-state index in [0.29, 0.717) is 12.0 Å². The van der Waals surface area contributed by atoms with Crippen LogP contribution in [0.3, 0.4) is 0 Å². The summed E-state index contributed by atoms with van der Waals surface area (Å²) in [5, 5.41) is 0. The lowest BCUT2D eigenvalue weighted by molar-refractivity contribution is -0.138. The molecule has 0 unspecified atom stereocenters. The van der Waals surface area contributed by atoms with Crippen molar-refractivity contribution in [2.24, 2.45) is 5.84 Å². The third-order valence-electron chi connectivity index (χ3n) is 2.80. The molecule has 1 aromatic rings. The zero-order valence-electron chi connectivity index (χ0n) is 10.2. The fourth-order valence-corrected chi connectivity index (χ4v) is 2.02. The summed E-state index contributed by atoms with van der Waals surface area (Å²) in [5.41, 5.74) is 1.18. The molecule has 0 saturated carbocycles. The molecular weight excluding hydrogens is 245 g/mol. The molecule has 3 N–H and O–H groups in total. The minimum absolute atomic E-state index is 0.158. The van der Waals surface area contributed by atoms with Crippen LogP contribution in [0.15, 0.2) is 12.1 Å². The summed E-state index contributed by atoms with van der Waals surface area (Å²) in [6, 6.07) is 2.71. The van der Waals surface area contributed by atoms with Crippen LogP contribution in [0.1, 0.15) is 40.9 Å². The Balaban J connectivity index is 3.60. The van der Waals surface area contributed by atoms with Crippen molar-refractivity contribution >= 4 is 5.91 Å². The molecule has 0 atom stereocenters. The van der Waals surface area contributed by atoms with Crippen LogP contribution < -0.4 is 11.3 Å². The SMILES string of the molecule is CCc1ccc(C(=O)NN)c(C(F)(F)F)c1CC. The molecule has 0 heterocycles. The average molecular weight is 260 g/mol. The molecule has 0 aromatic heterocycles. The van der Waals surface area contributed by atoms with Crippen molar-refractivity contribution in [2.75, 3.05) is 0 Å². The molecule has 0 radical (unpaired) electrons.